The molecule has 0 aromatic heterocycles. The van der Waals surface area contributed by atoms with Crippen LogP contribution < -0.4 is 10.6 Å². The summed E-state index contributed by atoms with van der Waals surface area (Å²) in [5.41, 5.74) is 0. The number of guanidine groups is 1. The molecule has 0 aromatic carbocycles. The molecule has 0 bridgehead atoms. The molecule has 2 saturated carbocycles. The van der Waals surface area contributed by atoms with Crippen molar-refractivity contribution in [3.05, 3.63) is 0 Å². The lowest BCUT2D eigenvalue weighted by Crippen LogP contribution is -2.44. The van der Waals surface area contributed by atoms with Crippen molar-refractivity contribution in [2.75, 3.05) is 26.7 Å². The van der Waals surface area contributed by atoms with Gasteiger partial charge in [-0.15, -0.1) is 24.0 Å². The summed E-state index contributed by atoms with van der Waals surface area (Å²) >= 11 is 0. The lowest BCUT2D eigenvalue weighted by Gasteiger charge is -2.26. The summed E-state index contributed by atoms with van der Waals surface area (Å²) < 4.78 is 0. The molecular weight excluding hydrogens is 351 g/mol. The van der Waals surface area contributed by atoms with Gasteiger partial charge in [0.1, 0.15) is 0 Å². The van der Waals surface area contributed by atoms with Crippen molar-refractivity contribution < 1.29 is 0 Å². The predicted molar refractivity (Wildman–Crippen MR) is 92.4 cm³/mol. The molecular formula is C14H29IN4. The Morgan fingerprint density at radius 2 is 1.89 bits per heavy atom. The van der Waals surface area contributed by atoms with Crippen LogP contribution >= 0.6 is 24.0 Å². The SMILES string of the molecule is CN=C(NCCN(C(C)C)C1CC1)NCC1CC1.I. The third kappa shape index (κ3) is 6.29. The monoisotopic (exact) mass is 380 g/mol. The van der Waals surface area contributed by atoms with Crippen molar-refractivity contribution >= 4 is 29.9 Å². The number of aliphatic imine (C=N–C) groups is 1. The van der Waals surface area contributed by atoms with Crippen LogP contribution in [0.2, 0.25) is 0 Å². The van der Waals surface area contributed by atoms with Gasteiger partial charge in [-0.2, -0.15) is 0 Å². The van der Waals surface area contributed by atoms with E-state index in [1.165, 1.54) is 25.7 Å². The van der Waals surface area contributed by atoms with Crippen molar-refractivity contribution in [1.29, 1.82) is 0 Å². The highest BCUT2D eigenvalue weighted by Crippen LogP contribution is 2.28. The highest BCUT2D eigenvalue weighted by atomic mass is 127. The Bertz CT molecular complexity index is 283. The molecule has 2 fully saturated rings. The quantitative estimate of drug-likeness (QED) is 0.404. The van der Waals surface area contributed by atoms with Crippen LogP contribution in [0.4, 0.5) is 0 Å². The Balaban J connectivity index is 0.00000180. The molecule has 19 heavy (non-hydrogen) atoms. The second kappa shape index (κ2) is 8.29. The molecule has 0 aromatic rings. The molecule has 0 saturated heterocycles. The fourth-order valence-electron chi connectivity index (χ4n) is 2.36. The molecule has 0 atom stereocenters. The molecule has 2 rings (SSSR count). The van der Waals surface area contributed by atoms with Crippen LogP contribution in [0.5, 0.6) is 0 Å². The Labute approximate surface area is 134 Å². The first-order valence-corrected chi connectivity index (χ1v) is 7.41. The third-order valence-corrected chi connectivity index (χ3v) is 3.82. The normalized spacial score (nSPS) is 19.5. The predicted octanol–water partition coefficient (Wildman–Crippen LogP) is 2.05. The summed E-state index contributed by atoms with van der Waals surface area (Å²) in [6.45, 7) is 7.76. The van der Waals surface area contributed by atoms with Gasteiger partial charge in [-0.3, -0.25) is 9.89 Å². The van der Waals surface area contributed by atoms with Crippen LogP contribution in [-0.2, 0) is 0 Å². The molecule has 0 aliphatic heterocycles. The summed E-state index contributed by atoms with van der Waals surface area (Å²) in [6.07, 6.45) is 5.53. The molecule has 0 heterocycles. The minimum atomic E-state index is 0. The lowest BCUT2D eigenvalue weighted by molar-refractivity contribution is 0.215. The summed E-state index contributed by atoms with van der Waals surface area (Å²) in [6, 6.07) is 1.49. The number of rotatable bonds is 7. The minimum absolute atomic E-state index is 0. The number of halogens is 1. The van der Waals surface area contributed by atoms with E-state index in [0.717, 1.165) is 37.6 Å². The summed E-state index contributed by atoms with van der Waals surface area (Å²) in [4.78, 5) is 6.86. The zero-order chi connectivity index (χ0) is 13.0. The first kappa shape index (κ1) is 17.0. The second-order valence-electron chi connectivity index (χ2n) is 5.89. The van der Waals surface area contributed by atoms with Gasteiger partial charge in [0.25, 0.3) is 0 Å². The van der Waals surface area contributed by atoms with Gasteiger partial charge in [0.15, 0.2) is 5.96 Å². The van der Waals surface area contributed by atoms with Crippen LogP contribution in [0.1, 0.15) is 39.5 Å². The topological polar surface area (TPSA) is 39.7 Å². The van der Waals surface area contributed by atoms with E-state index in [0.29, 0.717) is 6.04 Å². The molecule has 2 aliphatic rings. The van der Waals surface area contributed by atoms with Gasteiger partial charge in [-0.25, -0.2) is 0 Å². The standard InChI is InChI=1S/C14H28N4.HI/c1-11(2)18(13-6-7-13)9-8-16-14(15-3)17-10-12-4-5-12;/h11-13H,4-10H2,1-3H3,(H2,15,16,17);1H. The van der Waals surface area contributed by atoms with Gasteiger partial charge in [0, 0.05) is 38.8 Å². The van der Waals surface area contributed by atoms with Crippen molar-refractivity contribution in [2.45, 2.75) is 51.6 Å². The summed E-state index contributed by atoms with van der Waals surface area (Å²) in [5, 5.41) is 6.82. The molecule has 4 nitrogen and oxygen atoms in total. The fraction of sp³-hybridized carbons (Fsp3) is 0.929. The highest BCUT2D eigenvalue weighted by molar-refractivity contribution is 14.0. The molecule has 5 heteroatoms. The van der Waals surface area contributed by atoms with Gasteiger partial charge in [-0.1, -0.05) is 0 Å². The van der Waals surface area contributed by atoms with E-state index >= 15 is 0 Å². The van der Waals surface area contributed by atoms with Gasteiger partial charge in [-0.05, 0) is 45.4 Å². The smallest absolute Gasteiger partial charge is 0.191 e. The zero-order valence-electron chi connectivity index (χ0n) is 12.5. The molecule has 0 spiro atoms. The fourth-order valence-corrected chi connectivity index (χ4v) is 2.36. The van der Waals surface area contributed by atoms with Crippen molar-refractivity contribution in [2.24, 2.45) is 10.9 Å². The van der Waals surface area contributed by atoms with E-state index in [1.54, 1.807) is 0 Å². The molecule has 112 valence electrons. The van der Waals surface area contributed by atoms with Gasteiger partial charge >= 0.3 is 0 Å². The van der Waals surface area contributed by atoms with Crippen LogP contribution in [0.25, 0.3) is 0 Å². The van der Waals surface area contributed by atoms with Crippen LogP contribution in [0, 0.1) is 5.92 Å². The van der Waals surface area contributed by atoms with E-state index in [4.69, 9.17) is 0 Å². The largest absolute Gasteiger partial charge is 0.356 e. The molecule has 0 unspecified atom stereocenters. The summed E-state index contributed by atoms with van der Waals surface area (Å²) in [5.74, 6) is 1.85. The van der Waals surface area contributed by atoms with Gasteiger partial charge in [0.05, 0.1) is 0 Å². The van der Waals surface area contributed by atoms with Crippen LogP contribution in [0.3, 0.4) is 0 Å². The molecule has 0 radical (unpaired) electrons. The van der Waals surface area contributed by atoms with E-state index in [2.05, 4.69) is 34.4 Å². The van der Waals surface area contributed by atoms with E-state index in [9.17, 15) is 0 Å². The zero-order valence-corrected chi connectivity index (χ0v) is 14.8. The van der Waals surface area contributed by atoms with Crippen molar-refractivity contribution in [3.8, 4) is 0 Å². The maximum atomic E-state index is 4.27. The van der Waals surface area contributed by atoms with Gasteiger partial charge in [0.2, 0.25) is 0 Å². The number of nitrogens with zero attached hydrogens (tertiary/aromatic N) is 2. The maximum absolute atomic E-state index is 4.27. The Morgan fingerprint density at radius 3 is 2.37 bits per heavy atom. The van der Waals surface area contributed by atoms with Crippen LogP contribution in [0.15, 0.2) is 4.99 Å². The first-order chi connectivity index (χ1) is 8.70. The molecule has 2 N–H and O–H groups in total. The summed E-state index contributed by atoms with van der Waals surface area (Å²) in [7, 11) is 1.85. The van der Waals surface area contributed by atoms with Crippen LogP contribution in [-0.4, -0.2) is 49.6 Å². The maximum Gasteiger partial charge on any atom is 0.191 e. The first-order valence-electron chi connectivity index (χ1n) is 7.41. The number of nitrogens with one attached hydrogen (secondary N) is 2. The Morgan fingerprint density at radius 1 is 1.21 bits per heavy atom. The van der Waals surface area contributed by atoms with Crippen molar-refractivity contribution in [3.63, 3.8) is 0 Å². The highest BCUT2D eigenvalue weighted by Gasteiger charge is 2.30. The van der Waals surface area contributed by atoms with E-state index in [-0.39, 0.29) is 24.0 Å². The van der Waals surface area contributed by atoms with Gasteiger partial charge < -0.3 is 10.6 Å². The second-order valence-corrected chi connectivity index (χ2v) is 5.89. The minimum Gasteiger partial charge on any atom is -0.356 e. The Kier molecular flexibility index (Phi) is 7.42. The lowest BCUT2D eigenvalue weighted by atomic mass is 10.3. The number of hydrogen-bond donors (Lipinski definition) is 2. The van der Waals surface area contributed by atoms with E-state index in [1.807, 2.05) is 7.05 Å². The Hall–Kier alpha value is -0.0400. The third-order valence-electron chi connectivity index (χ3n) is 3.82. The van der Waals surface area contributed by atoms with Crippen molar-refractivity contribution in [1.82, 2.24) is 15.5 Å². The molecule has 0 amide bonds. The average molecular weight is 380 g/mol. The molecule has 2 aliphatic carbocycles. The number of hydrogen-bond acceptors (Lipinski definition) is 2. The average Bonchev–Trinajstić information content (AvgIpc) is 3.20. The van der Waals surface area contributed by atoms with E-state index < -0.39 is 0 Å².